The summed E-state index contributed by atoms with van der Waals surface area (Å²) in [7, 11) is 3.20. The lowest BCUT2D eigenvalue weighted by atomic mass is 10.1. The summed E-state index contributed by atoms with van der Waals surface area (Å²) >= 11 is 0. The van der Waals surface area contributed by atoms with E-state index in [9.17, 15) is 4.79 Å². The molecule has 0 atom stereocenters. The van der Waals surface area contributed by atoms with Gasteiger partial charge in [0.25, 0.3) is 5.91 Å². The average molecular weight is 260 g/mol. The van der Waals surface area contributed by atoms with E-state index in [2.05, 4.69) is 10.3 Å². The molecule has 1 heterocycles. The second-order valence-electron chi connectivity index (χ2n) is 4.24. The monoisotopic (exact) mass is 260 g/mol. The Hall–Kier alpha value is -2.30. The molecule has 1 aliphatic rings. The van der Waals surface area contributed by atoms with Crippen LogP contribution in [0.4, 0.5) is 0 Å². The number of carbonyl (C=O) groups excluding carboxylic acids is 1. The lowest BCUT2D eigenvalue weighted by Gasteiger charge is -2.10. The van der Waals surface area contributed by atoms with E-state index in [1.54, 1.807) is 27.2 Å². The first-order valence-corrected chi connectivity index (χ1v) is 5.86. The van der Waals surface area contributed by atoms with Gasteiger partial charge in [-0.05, 0) is 37.6 Å². The average Bonchev–Trinajstić information content (AvgIpc) is 2.69. The molecule has 0 aromatic heterocycles. The maximum Gasteiger partial charge on any atom is 0.275 e. The Morgan fingerprint density at radius 1 is 1.16 bits per heavy atom. The predicted octanol–water partition coefficient (Wildman–Crippen LogP) is 1.90. The summed E-state index contributed by atoms with van der Waals surface area (Å²) in [6, 6.07) is 3.70. The van der Waals surface area contributed by atoms with Crippen molar-refractivity contribution in [3.05, 3.63) is 29.0 Å². The van der Waals surface area contributed by atoms with Gasteiger partial charge in [-0.3, -0.25) is 4.79 Å². The molecular weight excluding hydrogens is 244 g/mol. The van der Waals surface area contributed by atoms with Gasteiger partial charge in [-0.25, -0.2) is 4.99 Å². The quantitative estimate of drug-likeness (QED) is 0.844. The van der Waals surface area contributed by atoms with Gasteiger partial charge in [0, 0.05) is 5.56 Å². The first kappa shape index (κ1) is 13.1. The van der Waals surface area contributed by atoms with Crippen molar-refractivity contribution in [3.63, 3.8) is 0 Å². The molecule has 1 aromatic rings. The summed E-state index contributed by atoms with van der Waals surface area (Å²) in [5.74, 6) is 1.80. The minimum Gasteiger partial charge on any atom is -0.496 e. The molecule has 5 nitrogen and oxygen atoms in total. The Bertz CT molecular complexity index is 589. The van der Waals surface area contributed by atoms with Gasteiger partial charge < -0.3 is 14.8 Å². The SMILES string of the molecule is COc1cc(/C=C2/N=C(C)NC2=O)c(OC)cc1C. The molecule has 5 heteroatoms. The van der Waals surface area contributed by atoms with Gasteiger partial charge in [0.15, 0.2) is 0 Å². The molecule has 0 spiro atoms. The lowest BCUT2D eigenvalue weighted by molar-refractivity contribution is -0.115. The first-order chi connectivity index (χ1) is 9.05. The molecule has 0 aliphatic carbocycles. The molecule has 1 aliphatic heterocycles. The van der Waals surface area contributed by atoms with Crippen LogP contribution in [-0.2, 0) is 4.79 Å². The number of ether oxygens (including phenoxy) is 2. The number of aryl methyl sites for hydroxylation is 1. The third kappa shape index (κ3) is 2.59. The minimum absolute atomic E-state index is 0.209. The standard InChI is InChI=1S/C14H16N2O3/c1-8-5-13(19-4)10(7-12(8)18-3)6-11-14(17)16-9(2)15-11/h5-7H,1-4H3,(H,15,16,17)/b11-6+. The Morgan fingerprint density at radius 3 is 2.37 bits per heavy atom. The number of nitrogens with zero attached hydrogens (tertiary/aromatic N) is 1. The number of hydrogen-bond donors (Lipinski definition) is 1. The Morgan fingerprint density at radius 2 is 1.84 bits per heavy atom. The molecule has 0 unspecified atom stereocenters. The number of rotatable bonds is 3. The van der Waals surface area contributed by atoms with Crippen molar-refractivity contribution < 1.29 is 14.3 Å². The highest BCUT2D eigenvalue weighted by Crippen LogP contribution is 2.30. The third-order valence-corrected chi connectivity index (χ3v) is 2.85. The number of methoxy groups -OCH3 is 2. The highest BCUT2D eigenvalue weighted by atomic mass is 16.5. The van der Waals surface area contributed by atoms with Crippen LogP contribution in [0.3, 0.4) is 0 Å². The van der Waals surface area contributed by atoms with Gasteiger partial charge in [0.1, 0.15) is 23.0 Å². The largest absolute Gasteiger partial charge is 0.496 e. The second kappa shape index (κ2) is 5.14. The number of amides is 1. The van der Waals surface area contributed by atoms with Gasteiger partial charge in [-0.15, -0.1) is 0 Å². The molecule has 0 fully saturated rings. The van der Waals surface area contributed by atoms with Gasteiger partial charge in [0.05, 0.1) is 14.2 Å². The van der Waals surface area contributed by atoms with Gasteiger partial charge in [-0.1, -0.05) is 0 Å². The fourth-order valence-corrected chi connectivity index (χ4v) is 1.92. The van der Waals surface area contributed by atoms with Crippen LogP contribution in [0.5, 0.6) is 11.5 Å². The van der Waals surface area contributed by atoms with Crippen molar-refractivity contribution in [1.82, 2.24) is 5.32 Å². The maximum atomic E-state index is 11.6. The van der Waals surface area contributed by atoms with Crippen LogP contribution in [0.1, 0.15) is 18.1 Å². The minimum atomic E-state index is -0.209. The van der Waals surface area contributed by atoms with Crippen molar-refractivity contribution in [3.8, 4) is 11.5 Å². The molecule has 0 radical (unpaired) electrons. The fourth-order valence-electron chi connectivity index (χ4n) is 1.92. The zero-order valence-electron chi connectivity index (χ0n) is 11.4. The molecule has 0 saturated heterocycles. The van der Waals surface area contributed by atoms with E-state index in [4.69, 9.17) is 9.47 Å². The number of amidine groups is 1. The summed E-state index contributed by atoms with van der Waals surface area (Å²) in [4.78, 5) is 15.8. The van der Waals surface area contributed by atoms with Crippen molar-refractivity contribution in [2.45, 2.75) is 13.8 Å². The maximum absolute atomic E-state index is 11.6. The van der Waals surface area contributed by atoms with E-state index < -0.39 is 0 Å². The van der Waals surface area contributed by atoms with Crippen molar-refractivity contribution in [2.24, 2.45) is 4.99 Å². The number of nitrogens with one attached hydrogen (secondary N) is 1. The van der Waals surface area contributed by atoms with Crippen LogP contribution >= 0.6 is 0 Å². The van der Waals surface area contributed by atoms with Gasteiger partial charge >= 0.3 is 0 Å². The normalized spacial score (nSPS) is 16.3. The van der Waals surface area contributed by atoms with Crippen LogP contribution in [0.15, 0.2) is 22.8 Å². The van der Waals surface area contributed by atoms with E-state index in [1.165, 1.54) is 0 Å². The van der Waals surface area contributed by atoms with Crippen LogP contribution in [0, 0.1) is 6.92 Å². The highest BCUT2D eigenvalue weighted by Gasteiger charge is 2.18. The number of aliphatic imine (C=N–C) groups is 1. The third-order valence-electron chi connectivity index (χ3n) is 2.85. The van der Waals surface area contributed by atoms with E-state index in [0.717, 1.165) is 16.9 Å². The van der Waals surface area contributed by atoms with E-state index in [0.29, 0.717) is 17.3 Å². The number of carbonyl (C=O) groups is 1. The summed E-state index contributed by atoms with van der Waals surface area (Å²) in [6.07, 6.45) is 1.69. The van der Waals surface area contributed by atoms with Crippen LogP contribution in [-0.4, -0.2) is 26.0 Å². The van der Waals surface area contributed by atoms with Gasteiger partial charge in [0.2, 0.25) is 0 Å². The Kier molecular flexibility index (Phi) is 3.55. The summed E-state index contributed by atoms with van der Waals surface area (Å²) in [5, 5.41) is 2.64. The summed E-state index contributed by atoms with van der Waals surface area (Å²) in [6.45, 7) is 3.68. The number of hydrogen-bond acceptors (Lipinski definition) is 4. The van der Waals surface area contributed by atoms with E-state index in [1.807, 2.05) is 19.1 Å². The molecule has 0 saturated carbocycles. The highest BCUT2D eigenvalue weighted by molar-refractivity contribution is 6.13. The van der Waals surface area contributed by atoms with Crippen molar-refractivity contribution in [1.29, 1.82) is 0 Å². The van der Waals surface area contributed by atoms with E-state index in [-0.39, 0.29) is 5.91 Å². The first-order valence-electron chi connectivity index (χ1n) is 5.86. The predicted molar refractivity (Wildman–Crippen MR) is 73.5 cm³/mol. The summed E-state index contributed by atoms with van der Waals surface area (Å²) in [5.41, 5.74) is 2.09. The molecule has 19 heavy (non-hydrogen) atoms. The smallest absolute Gasteiger partial charge is 0.275 e. The van der Waals surface area contributed by atoms with Crippen molar-refractivity contribution in [2.75, 3.05) is 14.2 Å². The Labute approximate surface area is 111 Å². The molecule has 0 bridgehead atoms. The molecular formula is C14H16N2O3. The van der Waals surface area contributed by atoms with Crippen LogP contribution < -0.4 is 14.8 Å². The molecule has 2 rings (SSSR count). The zero-order valence-corrected chi connectivity index (χ0v) is 11.4. The lowest BCUT2D eigenvalue weighted by Crippen LogP contribution is -2.21. The zero-order chi connectivity index (χ0) is 14.0. The molecule has 1 amide bonds. The van der Waals surface area contributed by atoms with Crippen molar-refractivity contribution >= 4 is 17.8 Å². The molecule has 1 N–H and O–H groups in total. The van der Waals surface area contributed by atoms with Crippen LogP contribution in [0.2, 0.25) is 0 Å². The van der Waals surface area contributed by atoms with Gasteiger partial charge in [-0.2, -0.15) is 0 Å². The topological polar surface area (TPSA) is 59.9 Å². The second-order valence-corrected chi connectivity index (χ2v) is 4.24. The number of benzene rings is 1. The fraction of sp³-hybridized carbons (Fsp3) is 0.286. The van der Waals surface area contributed by atoms with Crippen LogP contribution in [0.25, 0.3) is 6.08 Å². The van der Waals surface area contributed by atoms with E-state index >= 15 is 0 Å². The molecule has 100 valence electrons. The summed E-state index contributed by atoms with van der Waals surface area (Å²) < 4.78 is 10.6. The Balaban J connectivity index is 2.50. The molecule has 1 aromatic carbocycles.